The summed E-state index contributed by atoms with van der Waals surface area (Å²) in [5.41, 5.74) is 1.98. The van der Waals surface area contributed by atoms with Crippen LogP contribution in [-0.4, -0.2) is 9.97 Å². The van der Waals surface area contributed by atoms with Crippen LogP contribution in [0.4, 0.5) is 26.2 Å². The molecule has 4 nitrogen and oxygen atoms in total. The molecule has 25 heavy (non-hydrogen) atoms. The van der Waals surface area contributed by atoms with Gasteiger partial charge < -0.3 is 10.6 Å². The third-order valence-corrected chi connectivity index (χ3v) is 3.69. The summed E-state index contributed by atoms with van der Waals surface area (Å²) in [4.78, 5) is 8.73. The lowest BCUT2D eigenvalue weighted by atomic mass is 10.1. The molecule has 3 aromatic rings. The van der Waals surface area contributed by atoms with Crippen LogP contribution in [0.25, 0.3) is 0 Å². The summed E-state index contributed by atoms with van der Waals surface area (Å²) < 4.78 is 26.8. The van der Waals surface area contributed by atoms with E-state index in [-0.39, 0.29) is 11.7 Å². The Labute approximate surface area is 145 Å². The van der Waals surface area contributed by atoms with Gasteiger partial charge in [-0.25, -0.2) is 13.8 Å². The van der Waals surface area contributed by atoms with E-state index in [9.17, 15) is 8.78 Å². The zero-order chi connectivity index (χ0) is 17.8. The largest absolute Gasteiger partial charge is 0.348 e. The number of rotatable bonds is 5. The third-order valence-electron chi connectivity index (χ3n) is 3.69. The molecule has 0 fully saturated rings. The summed E-state index contributed by atoms with van der Waals surface area (Å²) in [6, 6.07) is 15.0. The monoisotopic (exact) mass is 340 g/mol. The van der Waals surface area contributed by atoms with Crippen molar-refractivity contribution < 1.29 is 8.78 Å². The Balaban J connectivity index is 1.80. The molecule has 1 unspecified atom stereocenters. The maximum absolute atomic E-state index is 13.8. The van der Waals surface area contributed by atoms with Gasteiger partial charge in [0.05, 0.1) is 11.7 Å². The average Bonchev–Trinajstić information content (AvgIpc) is 2.58. The van der Waals surface area contributed by atoms with E-state index >= 15 is 0 Å². The number of aromatic nitrogens is 2. The van der Waals surface area contributed by atoms with Crippen molar-refractivity contribution in [3.8, 4) is 0 Å². The topological polar surface area (TPSA) is 49.8 Å². The number of nitrogens with one attached hydrogen (secondary N) is 2. The van der Waals surface area contributed by atoms with Gasteiger partial charge in [-0.05, 0) is 31.5 Å². The minimum Gasteiger partial charge on any atom is -0.348 e. The molecule has 0 aliphatic carbocycles. The van der Waals surface area contributed by atoms with Crippen LogP contribution in [0.3, 0.4) is 0 Å². The van der Waals surface area contributed by atoms with Gasteiger partial charge in [-0.2, -0.15) is 4.98 Å². The van der Waals surface area contributed by atoms with Crippen LogP contribution in [0.2, 0.25) is 0 Å². The van der Waals surface area contributed by atoms with Crippen LogP contribution in [-0.2, 0) is 0 Å². The fraction of sp³-hybridized carbons (Fsp3) is 0.158. The highest BCUT2D eigenvalue weighted by Gasteiger charge is 2.10. The standard InChI is InChI=1S/C19H18F2N4/c1-12-10-18(24-17-9-8-15(20)11-16(17)21)25-19(22-12)23-13(2)14-6-4-3-5-7-14/h3-11,13H,1-2H3,(H2,22,23,24,25). The second-order valence-electron chi connectivity index (χ2n) is 5.74. The molecular weight excluding hydrogens is 322 g/mol. The second-order valence-corrected chi connectivity index (χ2v) is 5.74. The smallest absolute Gasteiger partial charge is 0.225 e. The summed E-state index contributed by atoms with van der Waals surface area (Å²) in [6.45, 7) is 3.83. The van der Waals surface area contributed by atoms with Crippen molar-refractivity contribution in [2.75, 3.05) is 10.6 Å². The molecule has 0 radical (unpaired) electrons. The van der Waals surface area contributed by atoms with Crippen LogP contribution < -0.4 is 10.6 Å². The first kappa shape index (κ1) is 16.8. The zero-order valence-corrected chi connectivity index (χ0v) is 13.9. The Hall–Kier alpha value is -3.02. The average molecular weight is 340 g/mol. The summed E-state index contributed by atoms with van der Waals surface area (Å²) in [6.07, 6.45) is 0. The van der Waals surface area contributed by atoms with Crippen molar-refractivity contribution in [3.63, 3.8) is 0 Å². The predicted octanol–water partition coefficient (Wildman–Crippen LogP) is 4.98. The van der Waals surface area contributed by atoms with E-state index in [1.165, 1.54) is 12.1 Å². The highest BCUT2D eigenvalue weighted by atomic mass is 19.1. The van der Waals surface area contributed by atoms with Gasteiger partial charge in [0.1, 0.15) is 17.5 Å². The maximum atomic E-state index is 13.8. The van der Waals surface area contributed by atoms with Crippen molar-refractivity contribution >= 4 is 17.5 Å². The van der Waals surface area contributed by atoms with Crippen molar-refractivity contribution in [3.05, 3.63) is 77.5 Å². The molecule has 0 spiro atoms. The molecule has 0 saturated heterocycles. The molecule has 0 saturated carbocycles. The lowest BCUT2D eigenvalue weighted by molar-refractivity contribution is 0.586. The van der Waals surface area contributed by atoms with Crippen LogP contribution in [0.1, 0.15) is 24.2 Å². The molecule has 6 heteroatoms. The van der Waals surface area contributed by atoms with Crippen LogP contribution in [0.5, 0.6) is 0 Å². The van der Waals surface area contributed by atoms with E-state index in [0.29, 0.717) is 11.8 Å². The first-order valence-electron chi connectivity index (χ1n) is 7.90. The quantitative estimate of drug-likeness (QED) is 0.688. The van der Waals surface area contributed by atoms with Crippen molar-refractivity contribution in [1.29, 1.82) is 0 Å². The third kappa shape index (κ3) is 4.29. The summed E-state index contributed by atoms with van der Waals surface area (Å²) in [5.74, 6) is -0.438. The van der Waals surface area contributed by atoms with Gasteiger partial charge in [-0.15, -0.1) is 0 Å². The highest BCUT2D eigenvalue weighted by molar-refractivity contribution is 5.58. The predicted molar refractivity (Wildman–Crippen MR) is 94.9 cm³/mol. The number of hydrogen-bond acceptors (Lipinski definition) is 4. The van der Waals surface area contributed by atoms with Crippen LogP contribution >= 0.6 is 0 Å². The number of hydrogen-bond donors (Lipinski definition) is 2. The minimum atomic E-state index is -0.677. The van der Waals surface area contributed by atoms with Crippen LogP contribution in [0, 0.1) is 18.6 Å². The molecule has 0 bridgehead atoms. The van der Waals surface area contributed by atoms with E-state index in [2.05, 4.69) is 20.6 Å². The SMILES string of the molecule is Cc1cc(Nc2ccc(F)cc2F)nc(NC(C)c2ccccc2)n1. The molecular formula is C19H18F2N4. The Kier molecular flexibility index (Phi) is 4.88. The van der Waals surface area contributed by atoms with Crippen molar-refractivity contribution in [2.24, 2.45) is 0 Å². The number of anilines is 3. The van der Waals surface area contributed by atoms with E-state index in [4.69, 9.17) is 0 Å². The summed E-state index contributed by atoms with van der Waals surface area (Å²) in [5, 5.41) is 6.09. The van der Waals surface area contributed by atoms with Gasteiger partial charge in [0.25, 0.3) is 0 Å². The molecule has 1 aromatic heterocycles. The van der Waals surface area contributed by atoms with Gasteiger partial charge in [0, 0.05) is 17.8 Å². The van der Waals surface area contributed by atoms with Gasteiger partial charge in [0.15, 0.2) is 0 Å². The first-order chi connectivity index (χ1) is 12.0. The Bertz CT molecular complexity index is 869. The van der Waals surface area contributed by atoms with Crippen LogP contribution in [0.15, 0.2) is 54.6 Å². The summed E-state index contributed by atoms with van der Waals surface area (Å²) >= 11 is 0. The molecule has 128 valence electrons. The van der Waals surface area contributed by atoms with Gasteiger partial charge in [0.2, 0.25) is 5.95 Å². The number of halogens is 2. The highest BCUT2D eigenvalue weighted by Crippen LogP contribution is 2.22. The van der Waals surface area contributed by atoms with Crippen molar-refractivity contribution in [1.82, 2.24) is 9.97 Å². The molecule has 0 aliphatic heterocycles. The molecule has 2 aromatic carbocycles. The molecule has 3 rings (SSSR count). The zero-order valence-electron chi connectivity index (χ0n) is 13.9. The number of nitrogens with zero attached hydrogens (tertiary/aromatic N) is 2. The van der Waals surface area contributed by atoms with E-state index in [0.717, 1.165) is 17.3 Å². The van der Waals surface area contributed by atoms with Crippen molar-refractivity contribution in [2.45, 2.75) is 19.9 Å². The van der Waals surface area contributed by atoms with Gasteiger partial charge in [-0.1, -0.05) is 30.3 Å². The molecule has 0 amide bonds. The summed E-state index contributed by atoms with van der Waals surface area (Å²) in [7, 11) is 0. The Morgan fingerprint density at radius 1 is 0.960 bits per heavy atom. The lowest BCUT2D eigenvalue weighted by Gasteiger charge is -2.15. The lowest BCUT2D eigenvalue weighted by Crippen LogP contribution is -2.11. The Morgan fingerprint density at radius 2 is 1.72 bits per heavy atom. The Morgan fingerprint density at radius 3 is 2.44 bits per heavy atom. The first-order valence-corrected chi connectivity index (χ1v) is 7.90. The molecule has 1 atom stereocenters. The number of benzene rings is 2. The number of aryl methyl sites for hydroxylation is 1. The van der Waals surface area contributed by atoms with E-state index < -0.39 is 11.6 Å². The second kappa shape index (κ2) is 7.25. The molecule has 2 N–H and O–H groups in total. The van der Waals surface area contributed by atoms with E-state index in [1.54, 1.807) is 6.07 Å². The van der Waals surface area contributed by atoms with Gasteiger partial charge in [-0.3, -0.25) is 0 Å². The molecule has 0 aliphatic rings. The maximum Gasteiger partial charge on any atom is 0.225 e. The fourth-order valence-electron chi connectivity index (χ4n) is 2.44. The normalized spacial score (nSPS) is 11.8. The minimum absolute atomic E-state index is 0.0124. The van der Waals surface area contributed by atoms with E-state index in [1.807, 2.05) is 44.2 Å². The van der Waals surface area contributed by atoms with Gasteiger partial charge >= 0.3 is 0 Å². The fourth-order valence-corrected chi connectivity index (χ4v) is 2.44. The molecule has 1 heterocycles.